The zero-order valence-corrected chi connectivity index (χ0v) is 5.55. The fourth-order valence-corrected chi connectivity index (χ4v) is 0.949. The first-order valence-corrected chi connectivity index (χ1v) is 4.41. The lowest BCUT2D eigenvalue weighted by molar-refractivity contribution is 1.02. The Balaban J connectivity index is 2.63. The molecule has 6 heavy (non-hydrogen) atoms. The predicted octanol–water partition coefficient (Wildman–Crippen LogP) is 1.25. The van der Waals surface area contributed by atoms with Crippen molar-refractivity contribution in [2.24, 2.45) is 0 Å². The van der Waals surface area contributed by atoms with E-state index in [-0.39, 0.29) is 8.07 Å². The molecule has 0 aliphatic rings. The summed E-state index contributed by atoms with van der Waals surface area (Å²) in [5, 5.41) is 3.27. The maximum atomic E-state index is 3.27. The van der Waals surface area contributed by atoms with Crippen molar-refractivity contribution in [3.63, 3.8) is 0 Å². The van der Waals surface area contributed by atoms with Crippen LogP contribution in [0.3, 0.4) is 0 Å². The highest BCUT2D eigenvalue weighted by molar-refractivity contribution is 7.53. The third-order valence-electron chi connectivity index (χ3n) is 0.474. The minimum atomic E-state index is 0.149. The summed E-state index contributed by atoms with van der Waals surface area (Å²) in [7, 11) is 0.149. The molecule has 0 atom stereocenters. The predicted molar refractivity (Wildman–Crippen MR) is 32.4 cm³/mol. The first-order valence-electron chi connectivity index (χ1n) is 2.18. The van der Waals surface area contributed by atoms with E-state index in [0.29, 0.717) is 0 Å². The van der Waals surface area contributed by atoms with E-state index < -0.39 is 0 Å². The number of hydrogen-bond acceptors (Lipinski definition) is 1. The molecule has 0 spiro atoms. The van der Waals surface area contributed by atoms with Crippen molar-refractivity contribution < 1.29 is 0 Å². The van der Waals surface area contributed by atoms with Gasteiger partial charge in [0.15, 0.2) is 0 Å². The summed E-state index contributed by atoms with van der Waals surface area (Å²) in [4.78, 5) is 0. The average Bonchev–Trinajstić information content (AvgIpc) is 1.35. The Labute approximate surface area is 40.9 Å². The molecule has 0 amide bonds. The van der Waals surface area contributed by atoms with E-state index in [9.17, 15) is 0 Å². The molecule has 0 aromatic rings. The molecule has 38 valence electrons. The molecule has 0 unspecified atom stereocenters. The van der Waals surface area contributed by atoms with Gasteiger partial charge in [0.1, 0.15) is 0 Å². The van der Waals surface area contributed by atoms with Crippen molar-refractivity contribution in [3.8, 4) is 0 Å². The standard InChI is InChI=1S/C4H12NP/c1-4-5-6(2)3/h5H,4H2,1-3H3. The largest absolute Gasteiger partial charge is 0.296 e. The van der Waals surface area contributed by atoms with Crippen molar-refractivity contribution in [2.45, 2.75) is 6.92 Å². The Kier molecular flexibility index (Phi) is 3.81. The Bertz CT molecular complexity index is 28.7. The average molecular weight is 105 g/mol. The summed E-state index contributed by atoms with van der Waals surface area (Å²) in [6, 6.07) is 0. The normalized spacial score (nSPS) is 10.0. The van der Waals surface area contributed by atoms with E-state index in [1.807, 2.05) is 0 Å². The molecular weight excluding hydrogens is 93.0 g/mol. The fourth-order valence-electron chi connectivity index (χ4n) is 0.316. The Morgan fingerprint density at radius 1 is 1.50 bits per heavy atom. The van der Waals surface area contributed by atoms with Crippen LogP contribution in [0, 0.1) is 0 Å². The van der Waals surface area contributed by atoms with Crippen molar-refractivity contribution >= 4 is 8.07 Å². The maximum absolute atomic E-state index is 3.27. The van der Waals surface area contributed by atoms with Gasteiger partial charge in [0.25, 0.3) is 0 Å². The van der Waals surface area contributed by atoms with E-state index in [1.54, 1.807) is 0 Å². The van der Waals surface area contributed by atoms with Gasteiger partial charge >= 0.3 is 0 Å². The first-order chi connectivity index (χ1) is 2.77. The lowest BCUT2D eigenvalue weighted by Gasteiger charge is -2.01. The minimum Gasteiger partial charge on any atom is -0.296 e. The molecule has 0 radical (unpaired) electrons. The molecule has 1 nitrogen and oxygen atoms in total. The Morgan fingerprint density at radius 3 is 2.00 bits per heavy atom. The number of hydrogen-bond donors (Lipinski definition) is 1. The van der Waals surface area contributed by atoms with Gasteiger partial charge in [-0.15, -0.1) is 0 Å². The molecule has 0 saturated carbocycles. The third kappa shape index (κ3) is 4.39. The van der Waals surface area contributed by atoms with E-state index in [4.69, 9.17) is 0 Å². The molecule has 1 N–H and O–H groups in total. The van der Waals surface area contributed by atoms with Gasteiger partial charge in [-0.05, 0) is 27.9 Å². The van der Waals surface area contributed by atoms with Gasteiger partial charge in [-0.25, -0.2) is 0 Å². The molecule has 0 aromatic heterocycles. The van der Waals surface area contributed by atoms with E-state index in [0.717, 1.165) is 6.54 Å². The van der Waals surface area contributed by atoms with Crippen molar-refractivity contribution in [2.75, 3.05) is 19.9 Å². The molecule has 0 aliphatic carbocycles. The quantitative estimate of drug-likeness (QED) is 0.521. The summed E-state index contributed by atoms with van der Waals surface area (Å²) in [5.74, 6) is 0. The minimum absolute atomic E-state index is 0.149. The van der Waals surface area contributed by atoms with Crippen molar-refractivity contribution in [1.82, 2.24) is 5.09 Å². The summed E-state index contributed by atoms with van der Waals surface area (Å²) in [6.07, 6.45) is 0. The Morgan fingerprint density at radius 2 is 2.00 bits per heavy atom. The maximum Gasteiger partial charge on any atom is -0.00386 e. The van der Waals surface area contributed by atoms with E-state index in [2.05, 4.69) is 25.3 Å². The molecule has 0 heterocycles. The molecule has 2 heteroatoms. The van der Waals surface area contributed by atoms with Gasteiger partial charge in [-0.2, -0.15) is 0 Å². The van der Waals surface area contributed by atoms with Gasteiger partial charge in [0, 0.05) is 0 Å². The van der Waals surface area contributed by atoms with Crippen LogP contribution in [0.2, 0.25) is 0 Å². The second kappa shape index (κ2) is 3.58. The van der Waals surface area contributed by atoms with E-state index >= 15 is 0 Å². The van der Waals surface area contributed by atoms with Crippen LogP contribution in [0.25, 0.3) is 0 Å². The summed E-state index contributed by atoms with van der Waals surface area (Å²) < 4.78 is 0. The van der Waals surface area contributed by atoms with Crippen LogP contribution in [-0.4, -0.2) is 19.9 Å². The lowest BCUT2D eigenvalue weighted by Crippen LogP contribution is -2.01. The number of nitrogens with one attached hydrogen (secondary N) is 1. The topological polar surface area (TPSA) is 12.0 Å². The van der Waals surface area contributed by atoms with Gasteiger partial charge in [-0.1, -0.05) is 6.92 Å². The van der Waals surface area contributed by atoms with Crippen LogP contribution >= 0.6 is 8.07 Å². The van der Waals surface area contributed by atoms with Crippen LogP contribution in [-0.2, 0) is 0 Å². The fraction of sp³-hybridized carbons (Fsp3) is 1.00. The molecule has 0 aromatic carbocycles. The van der Waals surface area contributed by atoms with Crippen LogP contribution in [0.15, 0.2) is 0 Å². The molecular formula is C4H12NP. The molecule has 0 fully saturated rings. The highest BCUT2D eigenvalue weighted by atomic mass is 31.1. The van der Waals surface area contributed by atoms with Crippen LogP contribution in [0.4, 0.5) is 0 Å². The van der Waals surface area contributed by atoms with Gasteiger partial charge in [-0.3, -0.25) is 5.09 Å². The van der Waals surface area contributed by atoms with Gasteiger partial charge < -0.3 is 0 Å². The van der Waals surface area contributed by atoms with E-state index in [1.165, 1.54) is 0 Å². The second-order valence-electron chi connectivity index (χ2n) is 1.41. The molecule has 0 aliphatic heterocycles. The molecule has 0 rings (SSSR count). The summed E-state index contributed by atoms with van der Waals surface area (Å²) in [5.41, 5.74) is 0. The van der Waals surface area contributed by atoms with Crippen LogP contribution in [0.5, 0.6) is 0 Å². The second-order valence-corrected chi connectivity index (χ2v) is 3.51. The molecule has 0 saturated heterocycles. The summed E-state index contributed by atoms with van der Waals surface area (Å²) >= 11 is 0. The van der Waals surface area contributed by atoms with Crippen molar-refractivity contribution in [1.29, 1.82) is 0 Å². The highest BCUT2D eigenvalue weighted by Gasteiger charge is 1.81. The zero-order chi connectivity index (χ0) is 4.99. The molecule has 0 bridgehead atoms. The SMILES string of the molecule is CCNP(C)C. The van der Waals surface area contributed by atoms with Crippen molar-refractivity contribution in [3.05, 3.63) is 0 Å². The smallest absolute Gasteiger partial charge is 0.00386 e. The van der Waals surface area contributed by atoms with Gasteiger partial charge in [0.2, 0.25) is 0 Å². The third-order valence-corrected chi connectivity index (χ3v) is 1.42. The van der Waals surface area contributed by atoms with Crippen LogP contribution < -0.4 is 5.09 Å². The highest BCUT2D eigenvalue weighted by Crippen LogP contribution is 2.15. The Hall–Kier alpha value is 0.390. The lowest BCUT2D eigenvalue weighted by atomic mass is 10.8. The monoisotopic (exact) mass is 105 g/mol. The van der Waals surface area contributed by atoms with Gasteiger partial charge in [0.05, 0.1) is 0 Å². The first kappa shape index (κ1) is 6.39. The summed E-state index contributed by atoms with van der Waals surface area (Å²) in [6.45, 7) is 7.65. The van der Waals surface area contributed by atoms with Crippen LogP contribution in [0.1, 0.15) is 6.92 Å². The number of rotatable bonds is 2. The zero-order valence-electron chi connectivity index (χ0n) is 4.65.